The molecule has 2 aromatic rings. The number of hydrogen-bond donors (Lipinski definition) is 1. The number of benzene rings is 1. The second kappa shape index (κ2) is 7.79. The number of nitrogens with zero attached hydrogens (tertiary/aromatic N) is 2. The van der Waals surface area contributed by atoms with Gasteiger partial charge in [-0.2, -0.15) is 11.8 Å². The van der Waals surface area contributed by atoms with Crippen LogP contribution in [-0.4, -0.2) is 15.7 Å². The Kier molecular flexibility index (Phi) is 5.69. The Morgan fingerprint density at radius 3 is 2.68 bits per heavy atom. The number of thioether (sulfide) groups is 1. The third kappa shape index (κ3) is 4.91. The molecular formula is C15H19N3S. The van der Waals surface area contributed by atoms with Crippen LogP contribution in [0.15, 0.2) is 42.9 Å². The standard InChI is InChI=1S/C15H19N3S/c1-2-9-19-12-13-3-5-14(6-4-13)18-11-15-10-16-7-8-17-15/h3-8,10,18H,2,9,11-12H2,1H3. The molecule has 1 N–H and O–H groups in total. The molecule has 4 heteroatoms. The predicted molar refractivity (Wildman–Crippen MR) is 82.3 cm³/mol. The summed E-state index contributed by atoms with van der Waals surface area (Å²) in [6, 6.07) is 8.61. The van der Waals surface area contributed by atoms with E-state index in [1.54, 1.807) is 18.6 Å². The van der Waals surface area contributed by atoms with Crippen LogP contribution < -0.4 is 5.32 Å². The van der Waals surface area contributed by atoms with Crippen molar-refractivity contribution in [2.45, 2.75) is 25.6 Å². The second-order valence-electron chi connectivity index (χ2n) is 4.30. The summed E-state index contributed by atoms with van der Waals surface area (Å²) in [7, 11) is 0. The monoisotopic (exact) mass is 273 g/mol. The third-order valence-corrected chi connectivity index (χ3v) is 3.90. The first kappa shape index (κ1) is 13.9. The fraction of sp³-hybridized carbons (Fsp3) is 0.333. The SMILES string of the molecule is CCCSCc1ccc(NCc2cnccn2)cc1. The van der Waals surface area contributed by atoms with Gasteiger partial charge in [0.05, 0.1) is 18.4 Å². The smallest absolute Gasteiger partial charge is 0.0777 e. The molecule has 0 bridgehead atoms. The topological polar surface area (TPSA) is 37.8 Å². The number of rotatable bonds is 7. The molecule has 0 unspecified atom stereocenters. The van der Waals surface area contributed by atoms with Gasteiger partial charge in [0.15, 0.2) is 0 Å². The summed E-state index contributed by atoms with van der Waals surface area (Å²) in [6.07, 6.45) is 6.42. The zero-order valence-electron chi connectivity index (χ0n) is 11.2. The number of aromatic nitrogens is 2. The molecule has 0 spiro atoms. The van der Waals surface area contributed by atoms with Gasteiger partial charge in [-0.3, -0.25) is 9.97 Å². The zero-order chi connectivity index (χ0) is 13.3. The van der Waals surface area contributed by atoms with Crippen molar-refractivity contribution >= 4 is 17.4 Å². The van der Waals surface area contributed by atoms with Crippen molar-refractivity contribution in [1.29, 1.82) is 0 Å². The van der Waals surface area contributed by atoms with Gasteiger partial charge in [0, 0.05) is 23.8 Å². The minimum Gasteiger partial charge on any atom is -0.379 e. The van der Waals surface area contributed by atoms with Crippen molar-refractivity contribution < 1.29 is 0 Å². The first-order valence-electron chi connectivity index (χ1n) is 6.54. The second-order valence-corrected chi connectivity index (χ2v) is 5.40. The minimum absolute atomic E-state index is 0.706. The van der Waals surface area contributed by atoms with E-state index < -0.39 is 0 Å². The lowest BCUT2D eigenvalue weighted by atomic mass is 10.2. The van der Waals surface area contributed by atoms with Gasteiger partial charge in [-0.15, -0.1) is 0 Å². The highest BCUT2D eigenvalue weighted by atomic mass is 32.2. The molecule has 0 fully saturated rings. The molecule has 1 aromatic carbocycles. The number of anilines is 1. The van der Waals surface area contributed by atoms with E-state index in [2.05, 4.69) is 46.5 Å². The van der Waals surface area contributed by atoms with Gasteiger partial charge in [0.25, 0.3) is 0 Å². The third-order valence-electron chi connectivity index (χ3n) is 2.66. The van der Waals surface area contributed by atoms with Crippen molar-refractivity contribution in [3.8, 4) is 0 Å². The molecule has 1 aromatic heterocycles. The molecule has 2 rings (SSSR count). The minimum atomic E-state index is 0.706. The lowest BCUT2D eigenvalue weighted by molar-refractivity contribution is 1.01. The Balaban J connectivity index is 1.81. The number of nitrogens with one attached hydrogen (secondary N) is 1. The molecule has 1 heterocycles. The molecule has 0 aliphatic rings. The van der Waals surface area contributed by atoms with Crippen LogP contribution in [0.3, 0.4) is 0 Å². The summed E-state index contributed by atoms with van der Waals surface area (Å²) in [5.74, 6) is 2.32. The summed E-state index contributed by atoms with van der Waals surface area (Å²) in [6.45, 7) is 2.92. The molecule has 0 aliphatic carbocycles. The molecule has 0 aliphatic heterocycles. The van der Waals surface area contributed by atoms with E-state index in [0.717, 1.165) is 17.1 Å². The maximum Gasteiger partial charge on any atom is 0.0777 e. The molecular weight excluding hydrogens is 254 g/mol. The average Bonchev–Trinajstić information content (AvgIpc) is 2.48. The van der Waals surface area contributed by atoms with Crippen molar-refractivity contribution in [2.75, 3.05) is 11.1 Å². The van der Waals surface area contributed by atoms with Crippen LogP contribution in [0, 0.1) is 0 Å². The fourth-order valence-electron chi connectivity index (χ4n) is 1.67. The Morgan fingerprint density at radius 1 is 1.16 bits per heavy atom. The normalized spacial score (nSPS) is 10.4. The van der Waals surface area contributed by atoms with Gasteiger partial charge < -0.3 is 5.32 Å². The highest BCUT2D eigenvalue weighted by molar-refractivity contribution is 7.98. The van der Waals surface area contributed by atoms with Gasteiger partial charge in [-0.05, 0) is 29.9 Å². The molecule has 0 radical (unpaired) electrons. The van der Waals surface area contributed by atoms with Crippen molar-refractivity contribution in [1.82, 2.24) is 9.97 Å². The van der Waals surface area contributed by atoms with Gasteiger partial charge in [-0.1, -0.05) is 19.1 Å². The zero-order valence-corrected chi connectivity index (χ0v) is 12.0. The maximum atomic E-state index is 4.23. The van der Waals surface area contributed by atoms with Crippen LogP contribution in [0.4, 0.5) is 5.69 Å². The largest absolute Gasteiger partial charge is 0.379 e. The van der Waals surface area contributed by atoms with Crippen LogP contribution in [-0.2, 0) is 12.3 Å². The van der Waals surface area contributed by atoms with Gasteiger partial charge in [-0.25, -0.2) is 0 Å². The first-order valence-corrected chi connectivity index (χ1v) is 7.69. The molecule has 19 heavy (non-hydrogen) atoms. The average molecular weight is 273 g/mol. The van der Waals surface area contributed by atoms with Gasteiger partial charge >= 0.3 is 0 Å². The highest BCUT2D eigenvalue weighted by Gasteiger charge is 1.97. The van der Waals surface area contributed by atoms with Crippen LogP contribution in [0.5, 0.6) is 0 Å². The van der Waals surface area contributed by atoms with Gasteiger partial charge in [0.2, 0.25) is 0 Å². The Hall–Kier alpha value is -1.55. The summed E-state index contributed by atoms with van der Waals surface area (Å²) in [4.78, 5) is 8.28. The van der Waals surface area contributed by atoms with E-state index in [1.165, 1.54) is 17.7 Å². The van der Waals surface area contributed by atoms with Crippen molar-refractivity contribution in [3.63, 3.8) is 0 Å². The van der Waals surface area contributed by atoms with Crippen LogP contribution in [0.25, 0.3) is 0 Å². The lowest BCUT2D eigenvalue weighted by Gasteiger charge is -2.07. The van der Waals surface area contributed by atoms with Crippen molar-refractivity contribution in [3.05, 3.63) is 54.1 Å². The lowest BCUT2D eigenvalue weighted by Crippen LogP contribution is -2.01. The van der Waals surface area contributed by atoms with E-state index in [9.17, 15) is 0 Å². The van der Waals surface area contributed by atoms with E-state index in [1.807, 2.05) is 11.8 Å². The van der Waals surface area contributed by atoms with Crippen LogP contribution >= 0.6 is 11.8 Å². The predicted octanol–water partition coefficient (Wildman–Crippen LogP) is 3.73. The highest BCUT2D eigenvalue weighted by Crippen LogP contribution is 2.16. The van der Waals surface area contributed by atoms with Crippen LogP contribution in [0.1, 0.15) is 24.6 Å². The molecule has 0 saturated carbocycles. The summed E-state index contributed by atoms with van der Waals surface area (Å²) in [5, 5.41) is 3.35. The first-order chi connectivity index (χ1) is 9.38. The summed E-state index contributed by atoms with van der Waals surface area (Å²) >= 11 is 1.98. The fourth-order valence-corrected chi connectivity index (χ4v) is 2.53. The molecule has 3 nitrogen and oxygen atoms in total. The quantitative estimate of drug-likeness (QED) is 0.780. The Labute approximate surface area is 118 Å². The molecule has 0 saturated heterocycles. The molecule has 0 amide bonds. The molecule has 0 atom stereocenters. The molecule has 100 valence electrons. The van der Waals surface area contributed by atoms with E-state index in [-0.39, 0.29) is 0 Å². The number of hydrogen-bond acceptors (Lipinski definition) is 4. The van der Waals surface area contributed by atoms with Crippen molar-refractivity contribution in [2.24, 2.45) is 0 Å². The summed E-state index contributed by atoms with van der Waals surface area (Å²) in [5.41, 5.74) is 3.45. The Bertz CT molecular complexity index is 471. The summed E-state index contributed by atoms with van der Waals surface area (Å²) < 4.78 is 0. The van der Waals surface area contributed by atoms with Crippen LogP contribution in [0.2, 0.25) is 0 Å². The van der Waals surface area contributed by atoms with Gasteiger partial charge in [0.1, 0.15) is 0 Å². The maximum absolute atomic E-state index is 4.23. The van der Waals surface area contributed by atoms with E-state index >= 15 is 0 Å². The van der Waals surface area contributed by atoms with E-state index in [0.29, 0.717) is 6.54 Å². The Morgan fingerprint density at radius 2 is 2.00 bits per heavy atom. The van der Waals surface area contributed by atoms with E-state index in [4.69, 9.17) is 0 Å².